The number of hydrogen-bond acceptors (Lipinski definition) is 3. The van der Waals surface area contributed by atoms with Crippen LogP contribution in [0.3, 0.4) is 0 Å². The van der Waals surface area contributed by atoms with Crippen molar-refractivity contribution in [2.45, 2.75) is 38.9 Å². The van der Waals surface area contributed by atoms with Crippen LogP contribution < -0.4 is 0 Å². The molecule has 98 valence electrons. The number of carbonyl (C=O) groups excluding carboxylic acids is 1. The molecule has 1 aromatic rings. The average molecular weight is 248 g/mol. The van der Waals surface area contributed by atoms with Crippen LogP contribution in [0.4, 0.5) is 0 Å². The van der Waals surface area contributed by atoms with Crippen LogP contribution in [0.1, 0.15) is 32.3 Å². The molecule has 0 bridgehead atoms. The Kier molecular flexibility index (Phi) is 3.44. The van der Waals surface area contributed by atoms with Crippen LogP contribution in [0, 0.1) is 5.41 Å². The van der Waals surface area contributed by atoms with Gasteiger partial charge in [0.05, 0.1) is 5.41 Å². The van der Waals surface area contributed by atoms with Gasteiger partial charge in [-0.1, -0.05) is 30.3 Å². The van der Waals surface area contributed by atoms with Crippen LogP contribution >= 0.6 is 0 Å². The Morgan fingerprint density at radius 2 is 1.89 bits per heavy atom. The van der Waals surface area contributed by atoms with Crippen LogP contribution in [-0.4, -0.2) is 18.9 Å². The Balaban J connectivity index is 2.02. The largest absolute Gasteiger partial charge is 0.433 e. The van der Waals surface area contributed by atoms with E-state index in [0.717, 1.165) is 19.3 Å². The molecule has 3 nitrogen and oxygen atoms in total. The standard InChI is InChI=1S/C15H20O3/c1-14(2,17-3)18-13(16)15(9-10-15)11-12-7-5-4-6-8-12/h4-8H,9-11H2,1-3H3. The minimum Gasteiger partial charge on any atom is -0.433 e. The second-order valence-corrected chi connectivity index (χ2v) is 5.44. The third-order valence-electron chi connectivity index (χ3n) is 3.50. The lowest BCUT2D eigenvalue weighted by atomic mass is 9.96. The summed E-state index contributed by atoms with van der Waals surface area (Å²) in [5, 5.41) is 0. The maximum Gasteiger partial charge on any atom is 0.314 e. The van der Waals surface area contributed by atoms with E-state index in [4.69, 9.17) is 9.47 Å². The van der Waals surface area contributed by atoms with Gasteiger partial charge in [-0.2, -0.15) is 0 Å². The molecule has 0 saturated heterocycles. The fourth-order valence-electron chi connectivity index (χ4n) is 1.96. The zero-order valence-corrected chi connectivity index (χ0v) is 11.2. The third kappa shape index (κ3) is 2.91. The predicted molar refractivity (Wildman–Crippen MR) is 69.0 cm³/mol. The summed E-state index contributed by atoms with van der Waals surface area (Å²) >= 11 is 0. The van der Waals surface area contributed by atoms with Crippen molar-refractivity contribution >= 4 is 5.97 Å². The monoisotopic (exact) mass is 248 g/mol. The first kappa shape index (κ1) is 13.1. The van der Waals surface area contributed by atoms with Crippen molar-refractivity contribution in [3.8, 4) is 0 Å². The van der Waals surface area contributed by atoms with Crippen molar-refractivity contribution in [3.63, 3.8) is 0 Å². The topological polar surface area (TPSA) is 35.5 Å². The van der Waals surface area contributed by atoms with E-state index in [1.807, 2.05) is 18.2 Å². The molecule has 0 heterocycles. The molecule has 0 radical (unpaired) electrons. The fourth-order valence-corrected chi connectivity index (χ4v) is 1.96. The van der Waals surface area contributed by atoms with Gasteiger partial charge in [-0.05, 0) is 24.8 Å². The zero-order chi connectivity index (χ0) is 13.2. The molecule has 3 heteroatoms. The van der Waals surface area contributed by atoms with E-state index < -0.39 is 5.79 Å². The van der Waals surface area contributed by atoms with Crippen LogP contribution in [0.15, 0.2) is 30.3 Å². The third-order valence-corrected chi connectivity index (χ3v) is 3.50. The normalized spacial score (nSPS) is 17.3. The van der Waals surface area contributed by atoms with Gasteiger partial charge in [-0.25, -0.2) is 0 Å². The summed E-state index contributed by atoms with van der Waals surface area (Å²) in [6.07, 6.45) is 2.56. The minimum atomic E-state index is -0.844. The summed E-state index contributed by atoms with van der Waals surface area (Å²) in [6.45, 7) is 3.51. The van der Waals surface area contributed by atoms with Gasteiger partial charge in [0.15, 0.2) is 0 Å². The van der Waals surface area contributed by atoms with Gasteiger partial charge in [-0.15, -0.1) is 0 Å². The molecule has 0 N–H and O–H groups in total. The first-order chi connectivity index (χ1) is 8.47. The van der Waals surface area contributed by atoms with Crippen molar-refractivity contribution in [2.75, 3.05) is 7.11 Å². The molecule has 1 aromatic carbocycles. The summed E-state index contributed by atoms with van der Waals surface area (Å²) in [6, 6.07) is 10.1. The molecule has 1 aliphatic rings. The summed E-state index contributed by atoms with van der Waals surface area (Å²) < 4.78 is 10.6. The second kappa shape index (κ2) is 4.73. The lowest BCUT2D eigenvalue weighted by molar-refractivity contribution is -0.211. The SMILES string of the molecule is COC(C)(C)OC(=O)C1(Cc2ccccc2)CC1. The molecule has 0 aromatic heterocycles. The van der Waals surface area contributed by atoms with E-state index in [9.17, 15) is 4.79 Å². The number of methoxy groups -OCH3 is 1. The van der Waals surface area contributed by atoms with Crippen molar-refractivity contribution < 1.29 is 14.3 Å². The van der Waals surface area contributed by atoms with Crippen LogP contribution in [0.25, 0.3) is 0 Å². The number of rotatable bonds is 5. The molecule has 1 fully saturated rings. The number of esters is 1. The van der Waals surface area contributed by atoms with E-state index >= 15 is 0 Å². The summed E-state index contributed by atoms with van der Waals surface area (Å²) in [5.74, 6) is -0.984. The molecular formula is C15H20O3. The Hall–Kier alpha value is -1.35. The molecule has 2 rings (SSSR count). The Morgan fingerprint density at radius 3 is 2.39 bits per heavy atom. The smallest absolute Gasteiger partial charge is 0.314 e. The van der Waals surface area contributed by atoms with E-state index in [1.54, 1.807) is 21.0 Å². The first-order valence-corrected chi connectivity index (χ1v) is 6.30. The molecule has 1 saturated carbocycles. The predicted octanol–water partition coefficient (Wildman–Crippen LogP) is 2.94. The highest BCUT2D eigenvalue weighted by atomic mass is 16.7. The van der Waals surface area contributed by atoms with E-state index in [1.165, 1.54) is 5.56 Å². The van der Waals surface area contributed by atoms with Gasteiger partial charge in [0.25, 0.3) is 0 Å². The molecule has 0 aliphatic heterocycles. The van der Waals surface area contributed by atoms with Gasteiger partial charge in [0, 0.05) is 21.0 Å². The Bertz CT molecular complexity index is 419. The van der Waals surface area contributed by atoms with E-state index in [-0.39, 0.29) is 11.4 Å². The fraction of sp³-hybridized carbons (Fsp3) is 0.533. The highest BCUT2D eigenvalue weighted by molar-refractivity contribution is 5.80. The van der Waals surface area contributed by atoms with Gasteiger partial charge in [0.2, 0.25) is 5.79 Å². The summed E-state index contributed by atoms with van der Waals surface area (Å²) in [5.41, 5.74) is 0.860. The van der Waals surface area contributed by atoms with Gasteiger partial charge >= 0.3 is 5.97 Å². The molecule has 18 heavy (non-hydrogen) atoms. The van der Waals surface area contributed by atoms with Crippen molar-refractivity contribution in [3.05, 3.63) is 35.9 Å². The van der Waals surface area contributed by atoms with Crippen LogP contribution in [-0.2, 0) is 20.7 Å². The molecule has 1 aliphatic carbocycles. The molecule has 0 spiro atoms. The lowest BCUT2D eigenvalue weighted by Crippen LogP contribution is -2.34. The number of ether oxygens (including phenoxy) is 2. The van der Waals surface area contributed by atoms with Crippen LogP contribution in [0.5, 0.6) is 0 Å². The van der Waals surface area contributed by atoms with E-state index in [0.29, 0.717) is 0 Å². The number of benzene rings is 1. The maximum atomic E-state index is 12.2. The molecule has 0 amide bonds. The van der Waals surface area contributed by atoms with Gasteiger partial charge < -0.3 is 9.47 Å². The zero-order valence-electron chi connectivity index (χ0n) is 11.2. The van der Waals surface area contributed by atoms with Gasteiger partial charge in [0.1, 0.15) is 0 Å². The van der Waals surface area contributed by atoms with Gasteiger partial charge in [-0.3, -0.25) is 4.79 Å². The molecular weight excluding hydrogens is 228 g/mol. The highest BCUT2D eigenvalue weighted by Gasteiger charge is 2.52. The lowest BCUT2D eigenvalue weighted by Gasteiger charge is -2.26. The minimum absolute atomic E-state index is 0.141. The number of carbonyl (C=O) groups is 1. The van der Waals surface area contributed by atoms with E-state index in [2.05, 4.69) is 12.1 Å². The highest BCUT2D eigenvalue weighted by Crippen LogP contribution is 2.50. The average Bonchev–Trinajstić information content (AvgIpc) is 3.11. The van der Waals surface area contributed by atoms with Crippen molar-refractivity contribution in [2.24, 2.45) is 5.41 Å². The molecule has 0 atom stereocenters. The van der Waals surface area contributed by atoms with Crippen molar-refractivity contribution in [1.29, 1.82) is 0 Å². The van der Waals surface area contributed by atoms with Crippen LogP contribution in [0.2, 0.25) is 0 Å². The molecule has 0 unspecified atom stereocenters. The maximum absolute atomic E-state index is 12.2. The Morgan fingerprint density at radius 1 is 1.28 bits per heavy atom. The number of hydrogen-bond donors (Lipinski definition) is 0. The van der Waals surface area contributed by atoms with Crippen molar-refractivity contribution in [1.82, 2.24) is 0 Å². The second-order valence-electron chi connectivity index (χ2n) is 5.44. The first-order valence-electron chi connectivity index (χ1n) is 6.30. The summed E-state index contributed by atoms with van der Waals surface area (Å²) in [4.78, 5) is 12.2. The quantitative estimate of drug-likeness (QED) is 0.593. The summed E-state index contributed by atoms with van der Waals surface area (Å²) in [7, 11) is 1.55. The Labute approximate surface area is 108 Å².